The Kier molecular flexibility index (Phi) is 5.79. The first-order valence-corrected chi connectivity index (χ1v) is 7.75. The second kappa shape index (κ2) is 7.38. The van der Waals surface area contributed by atoms with Gasteiger partial charge in [0.1, 0.15) is 0 Å². The lowest BCUT2D eigenvalue weighted by molar-refractivity contribution is 0.0289. The maximum Gasteiger partial charge on any atom is 0.0594 e. The maximum absolute atomic E-state index is 5.95. The molecule has 0 aromatic carbocycles. The quantitative estimate of drug-likeness (QED) is 0.716. The van der Waals surface area contributed by atoms with E-state index in [1.54, 1.807) is 0 Å². The van der Waals surface area contributed by atoms with Crippen LogP contribution in [-0.4, -0.2) is 25.3 Å². The van der Waals surface area contributed by atoms with E-state index in [2.05, 4.69) is 12.2 Å². The number of rotatable bonds is 6. The largest absolute Gasteiger partial charge is 0.377 e. The summed E-state index contributed by atoms with van der Waals surface area (Å²) in [7, 11) is 0. The fourth-order valence-electron chi connectivity index (χ4n) is 3.50. The lowest BCUT2D eigenvalue weighted by atomic mass is 9.98. The van der Waals surface area contributed by atoms with Gasteiger partial charge in [-0.15, -0.1) is 0 Å². The standard InChI is InChI=1S/C15H29NO/c1-2-13-7-6-10-15(13)16-11-12-17-14-8-4-3-5-9-14/h13-16H,2-12H2,1H3. The molecule has 0 aromatic heterocycles. The smallest absolute Gasteiger partial charge is 0.0594 e. The van der Waals surface area contributed by atoms with Gasteiger partial charge in [0.25, 0.3) is 0 Å². The van der Waals surface area contributed by atoms with Crippen molar-refractivity contribution in [2.75, 3.05) is 13.2 Å². The second-order valence-corrected chi connectivity index (χ2v) is 5.79. The van der Waals surface area contributed by atoms with E-state index < -0.39 is 0 Å². The maximum atomic E-state index is 5.95. The Morgan fingerprint density at radius 3 is 2.59 bits per heavy atom. The van der Waals surface area contributed by atoms with Crippen LogP contribution in [0.3, 0.4) is 0 Å². The third-order valence-corrected chi connectivity index (χ3v) is 4.60. The number of hydrogen-bond acceptors (Lipinski definition) is 2. The Morgan fingerprint density at radius 2 is 1.82 bits per heavy atom. The van der Waals surface area contributed by atoms with Gasteiger partial charge in [0.2, 0.25) is 0 Å². The van der Waals surface area contributed by atoms with Crippen molar-refractivity contribution in [2.45, 2.75) is 76.9 Å². The first kappa shape index (κ1) is 13.4. The number of nitrogens with one attached hydrogen (secondary N) is 1. The van der Waals surface area contributed by atoms with Crippen molar-refractivity contribution in [1.82, 2.24) is 5.32 Å². The molecule has 17 heavy (non-hydrogen) atoms. The van der Waals surface area contributed by atoms with Crippen LogP contribution >= 0.6 is 0 Å². The highest BCUT2D eigenvalue weighted by Crippen LogP contribution is 2.27. The van der Waals surface area contributed by atoms with E-state index in [4.69, 9.17) is 4.74 Å². The Labute approximate surface area is 107 Å². The summed E-state index contributed by atoms with van der Waals surface area (Å²) in [5.41, 5.74) is 0. The van der Waals surface area contributed by atoms with E-state index >= 15 is 0 Å². The molecular weight excluding hydrogens is 210 g/mol. The zero-order chi connectivity index (χ0) is 11.9. The summed E-state index contributed by atoms with van der Waals surface area (Å²) >= 11 is 0. The predicted molar refractivity (Wildman–Crippen MR) is 72.2 cm³/mol. The van der Waals surface area contributed by atoms with Gasteiger partial charge >= 0.3 is 0 Å². The third kappa shape index (κ3) is 4.26. The molecule has 100 valence electrons. The van der Waals surface area contributed by atoms with E-state index in [-0.39, 0.29) is 0 Å². The van der Waals surface area contributed by atoms with E-state index in [9.17, 15) is 0 Å². The van der Waals surface area contributed by atoms with E-state index in [1.165, 1.54) is 57.8 Å². The summed E-state index contributed by atoms with van der Waals surface area (Å²) in [4.78, 5) is 0. The average Bonchev–Trinajstić information content (AvgIpc) is 2.83. The Hall–Kier alpha value is -0.0800. The molecule has 0 saturated heterocycles. The molecule has 2 saturated carbocycles. The van der Waals surface area contributed by atoms with Gasteiger partial charge in [0, 0.05) is 12.6 Å². The van der Waals surface area contributed by atoms with E-state index in [0.717, 1.165) is 25.1 Å². The van der Waals surface area contributed by atoms with Crippen LogP contribution in [0, 0.1) is 5.92 Å². The number of hydrogen-bond donors (Lipinski definition) is 1. The van der Waals surface area contributed by atoms with Crippen LogP contribution in [-0.2, 0) is 4.74 Å². The van der Waals surface area contributed by atoms with Gasteiger partial charge in [0.15, 0.2) is 0 Å². The highest BCUT2D eigenvalue weighted by Gasteiger charge is 2.24. The average molecular weight is 239 g/mol. The van der Waals surface area contributed by atoms with Crippen molar-refractivity contribution in [2.24, 2.45) is 5.92 Å². The molecule has 2 unspecified atom stereocenters. The van der Waals surface area contributed by atoms with Crippen molar-refractivity contribution in [3.05, 3.63) is 0 Å². The molecule has 0 heterocycles. The van der Waals surface area contributed by atoms with Gasteiger partial charge in [-0.05, 0) is 31.6 Å². The van der Waals surface area contributed by atoms with Crippen LogP contribution < -0.4 is 5.32 Å². The van der Waals surface area contributed by atoms with Crippen molar-refractivity contribution in [3.8, 4) is 0 Å². The molecular formula is C15H29NO. The summed E-state index contributed by atoms with van der Waals surface area (Å²) in [6.45, 7) is 4.29. The Bertz CT molecular complexity index is 201. The van der Waals surface area contributed by atoms with Crippen LogP contribution in [0.1, 0.15) is 64.7 Å². The minimum absolute atomic E-state index is 0.566. The van der Waals surface area contributed by atoms with Crippen molar-refractivity contribution in [1.29, 1.82) is 0 Å². The molecule has 0 bridgehead atoms. The molecule has 2 atom stereocenters. The van der Waals surface area contributed by atoms with Gasteiger partial charge in [-0.2, -0.15) is 0 Å². The molecule has 2 nitrogen and oxygen atoms in total. The van der Waals surface area contributed by atoms with Crippen molar-refractivity contribution < 1.29 is 4.74 Å². The van der Waals surface area contributed by atoms with Crippen molar-refractivity contribution >= 4 is 0 Å². The van der Waals surface area contributed by atoms with Gasteiger partial charge in [-0.25, -0.2) is 0 Å². The molecule has 2 rings (SSSR count). The monoisotopic (exact) mass is 239 g/mol. The number of ether oxygens (including phenoxy) is 1. The van der Waals surface area contributed by atoms with Crippen LogP contribution in [0.4, 0.5) is 0 Å². The Morgan fingerprint density at radius 1 is 1.00 bits per heavy atom. The molecule has 0 spiro atoms. The van der Waals surface area contributed by atoms with Crippen LogP contribution in [0.15, 0.2) is 0 Å². The van der Waals surface area contributed by atoms with Gasteiger partial charge in [0.05, 0.1) is 12.7 Å². The SMILES string of the molecule is CCC1CCCC1NCCOC1CCCCC1. The summed E-state index contributed by atoms with van der Waals surface area (Å²) in [6.07, 6.45) is 12.9. The lowest BCUT2D eigenvalue weighted by Crippen LogP contribution is -2.35. The highest BCUT2D eigenvalue weighted by molar-refractivity contribution is 4.82. The van der Waals surface area contributed by atoms with Crippen molar-refractivity contribution in [3.63, 3.8) is 0 Å². The topological polar surface area (TPSA) is 21.3 Å². The van der Waals surface area contributed by atoms with E-state index in [1.807, 2.05) is 0 Å². The molecule has 1 N–H and O–H groups in total. The molecule has 2 aliphatic rings. The molecule has 2 aliphatic carbocycles. The van der Waals surface area contributed by atoms with Gasteiger partial charge in [-0.1, -0.05) is 39.0 Å². The molecule has 0 amide bonds. The van der Waals surface area contributed by atoms with Crippen LogP contribution in [0.5, 0.6) is 0 Å². The first-order valence-electron chi connectivity index (χ1n) is 7.75. The molecule has 2 fully saturated rings. The zero-order valence-corrected chi connectivity index (χ0v) is 11.4. The molecule has 2 heteroatoms. The van der Waals surface area contributed by atoms with E-state index in [0.29, 0.717) is 6.10 Å². The van der Waals surface area contributed by atoms with Crippen LogP contribution in [0.2, 0.25) is 0 Å². The highest BCUT2D eigenvalue weighted by atomic mass is 16.5. The van der Waals surface area contributed by atoms with Gasteiger partial charge < -0.3 is 10.1 Å². The molecule has 0 aliphatic heterocycles. The third-order valence-electron chi connectivity index (χ3n) is 4.60. The fourth-order valence-corrected chi connectivity index (χ4v) is 3.50. The van der Waals surface area contributed by atoms with Gasteiger partial charge in [-0.3, -0.25) is 0 Å². The summed E-state index contributed by atoms with van der Waals surface area (Å²) in [5, 5.41) is 3.70. The summed E-state index contributed by atoms with van der Waals surface area (Å²) < 4.78 is 5.95. The summed E-state index contributed by atoms with van der Waals surface area (Å²) in [5.74, 6) is 0.921. The van der Waals surface area contributed by atoms with Crippen LogP contribution in [0.25, 0.3) is 0 Å². The molecule has 0 aromatic rings. The second-order valence-electron chi connectivity index (χ2n) is 5.79. The summed E-state index contributed by atoms with van der Waals surface area (Å²) in [6, 6.07) is 0.773. The fraction of sp³-hybridized carbons (Fsp3) is 1.00. The predicted octanol–water partition coefficient (Wildman–Crippen LogP) is 3.50. The minimum Gasteiger partial charge on any atom is -0.377 e. The lowest BCUT2D eigenvalue weighted by Gasteiger charge is -2.23. The zero-order valence-electron chi connectivity index (χ0n) is 11.4. The Balaban J connectivity index is 1.53. The minimum atomic E-state index is 0.566. The first-order chi connectivity index (χ1) is 8.40. The molecule has 0 radical (unpaired) electrons. The normalized spacial score (nSPS) is 30.9.